The van der Waals surface area contributed by atoms with E-state index in [2.05, 4.69) is 6.58 Å². The molecule has 0 aromatic heterocycles. The molecule has 0 amide bonds. The first-order valence-corrected chi connectivity index (χ1v) is 5.39. The van der Waals surface area contributed by atoms with Gasteiger partial charge in [-0.1, -0.05) is 36.9 Å². The van der Waals surface area contributed by atoms with Crippen molar-refractivity contribution in [2.45, 2.75) is 26.1 Å². The highest BCUT2D eigenvalue weighted by Gasteiger charge is 1.97. The largest absolute Gasteiger partial charge is 0.489 e. The molecule has 1 aromatic carbocycles. The first kappa shape index (κ1) is 12.5. The average Bonchev–Trinajstić information content (AvgIpc) is 2.30. The fraction of sp³-hybridized carbons (Fsp3) is 0.286. The Labute approximate surface area is 96.9 Å². The van der Waals surface area contributed by atoms with E-state index in [1.54, 1.807) is 13.0 Å². The second-order valence-corrected chi connectivity index (χ2v) is 3.67. The molecule has 2 nitrogen and oxygen atoms in total. The molecular formula is C14H18O2. The summed E-state index contributed by atoms with van der Waals surface area (Å²) in [6, 6.07) is 9.95. The molecule has 1 rings (SSSR count). The lowest BCUT2D eigenvalue weighted by molar-refractivity contribution is 0.188. The van der Waals surface area contributed by atoms with Crippen molar-refractivity contribution < 1.29 is 9.84 Å². The van der Waals surface area contributed by atoms with Crippen LogP contribution in [0.4, 0.5) is 0 Å². The Hall–Kier alpha value is -1.54. The van der Waals surface area contributed by atoms with Crippen molar-refractivity contribution in [1.82, 2.24) is 0 Å². The second kappa shape index (κ2) is 6.85. The summed E-state index contributed by atoms with van der Waals surface area (Å²) in [4.78, 5) is 0. The van der Waals surface area contributed by atoms with Gasteiger partial charge in [0.15, 0.2) is 0 Å². The number of ether oxygens (including phenoxy) is 1. The highest BCUT2D eigenvalue weighted by molar-refractivity contribution is 5.15. The van der Waals surface area contributed by atoms with Gasteiger partial charge in [-0.15, -0.1) is 0 Å². The van der Waals surface area contributed by atoms with Gasteiger partial charge in [0.25, 0.3) is 0 Å². The minimum absolute atomic E-state index is 0.352. The third-order valence-electron chi connectivity index (χ3n) is 2.11. The fourth-order valence-electron chi connectivity index (χ4n) is 1.23. The van der Waals surface area contributed by atoms with Gasteiger partial charge in [-0.3, -0.25) is 0 Å². The SMILES string of the molecule is C=C/C(=C\CC(C)O)OCc1ccccc1. The van der Waals surface area contributed by atoms with Crippen LogP contribution in [-0.2, 0) is 11.3 Å². The zero-order valence-corrected chi connectivity index (χ0v) is 9.60. The Morgan fingerprint density at radius 3 is 2.69 bits per heavy atom. The van der Waals surface area contributed by atoms with Crippen molar-refractivity contribution in [2.75, 3.05) is 0 Å². The van der Waals surface area contributed by atoms with Crippen molar-refractivity contribution in [3.05, 3.63) is 60.4 Å². The molecule has 2 heteroatoms. The van der Waals surface area contributed by atoms with Gasteiger partial charge in [-0.2, -0.15) is 0 Å². The minimum atomic E-state index is -0.352. The molecule has 0 bridgehead atoms. The number of aliphatic hydroxyl groups excluding tert-OH is 1. The van der Waals surface area contributed by atoms with Gasteiger partial charge in [0.2, 0.25) is 0 Å². The molecule has 86 valence electrons. The van der Waals surface area contributed by atoms with Crippen LogP contribution < -0.4 is 0 Å². The van der Waals surface area contributed by atoms with Gasteiger partial charge in [0.1, 0.15) is 12.4 Å². The monoisotopic (exact) mass is 218 g/mol. The van der Waals surface area contributed by atoms with Crippen molar-refractivity contribution in [2.24, 2.45) is 0 Å². The van der Waals surface area contributed by atoms with Crippen LogP contribution in [0.2, 0.25) is 0 Å². The van der Waals surface area contributed by atoms with Crippen LogP contribution >= 0.6 is 0 Å². The van der Waals surface area contributed by atoms with E-state index >= 15 is 0 Å². The maximum absolute atomic E-state index is 9.15. The van der Waals surface area contributed by atoms with Crippen LogP contribution in [0.1, 0.15) is 18.9 Å². The lowest BCUT2D eigenvalue weighted by Crippen LogP contribution is -1.98. The van der Waals surface area contributed by atoms with Gasteiger partial charge in [-0.25, -0.2) is 0 Å². The molecule has 16 heavy (non-hydrogen) atoms. The molecule has 1 unspecified atom stereocenters. The molecule has 1 aromatic rings. The molecule has 1 N–H and O–H groups in total. The molecule has 0 aliphatic carbocycles. The molecule has 1 atom stereocenters. The zero-order chi connectivity index (χ0) is 11.8. The molecule has 0 aliphatic rings. The predicted molar refractivity (Wildman–Crippen MR) is 65.8 cm³/mol. The number of aliphatic hydroxyl groups is 1. The van der Waals surface area contributed by atoms with Gasteiger partial charge in [-0.05, 0) is 31.1 Å². The van der Waals surface area contributed by atoms with E-state index in [0.717, 1.165) is 5.56 Å². The minimum Gasteiger partial charge on any atom is -0.489 e. The van der Waals surface area contributed by atoms with Crippen LogP contribution in [0.15, 0.2) is 54.8 Å². The summed E-state index contributed by atoms with van der Waals surface area (Å²) in [5.74, 6) is 0.713. The van der Waals surface area contributed by atoms with Crippen LogP contribution in [0.5, 0.6) is 0 Å². The Morgan fingerprint density at radius 2 is 2.12 bits per heavy atom. The normalized spacial score (nSPS) is 13.2. The highest BCUT2D eigenvalue weighted by atomic mass is 16.5. The molecule has 0 aliphatic heterocycles. The summed E-state index contributed by atoms with van der Waals surface area (Å²) in [6.45, 7) is 5.95. The topological polar surface area (TPSA) is 29.5 Å². The smallest absolute Gasteiger partial charge is 0.115 e. The Kier molecular flexibility index (Phi) is 5.37. The maximum Gasteiger partial charge on any atom is 0.115 e. The maximum atomic E-state index is 9.15. The van der Waals surface area contributed by atoms with Gasteiger partial charge in [0.05, 0.1) is 6.10 Å². The van der Waals surface area contributed by atoms with Gasteiger partial charge < -0.3 is 9.84 Å². The first-order chi connectivity index (χ1) is 7.72. The van der Waals surface area contributed by atoms with E-state index < -0.39 is 0 Å². The summed E-state index contributed by atoms with van der Waals surface area (Å²) >= 11 is 0. The fourth-order valence-corrected chi connectivity index (χ4v) is 1.23. The van der Waals surface area contributed by atoms with Crippen molar-refractivity contribution in [3.63, 3.8) is 0 Å². The highest BCUT2D eigenvalue weighted by Crippen LogP contribution is 2.08. The number of allylic oxidation sites excluding steroid dienone is 1. The molecule has 0 radical (unpaired) electrons. The first-order valence-electron chi connectivity index (χ1n) is 5.39. The molecular weight excluding hydrogens is 200 g/mol. The van der Waals surface area contributed by atoms with Crippen LogP contribution in [-0.4, -0.2) is 11.2 Å². The number of rotatable bonds is 6. The van der Waals surface area contributed by atoms with Crippen LogP contribution in [0, 0.1) is 0 Å². The third kappa shape index (κ3) is 4.80. The van der Waals surface area contributed by atoms with Crippen molar-refractivity contribution >= 4 is 0 Å². The van der Waals surface area contributed by atoms with E-state index in [-0.39, 0.29) is 6.10 Å². The van der Waals surface area contributed by atoms with Crippen LogP contribution in [0.25, 0.3) is 0 Å². The van der Waals surface area contributed by atoms with E-state index in [1.165, 1.54) is 0 Å². The summed E-state index contributed by atoms with van der Waals surface area (Å²) in [5, 5.41) is 9.15. The zero-order valence-electron chi connectivity index (χ0n) is 9.60. The van der Waals surface area contributed by atoms with Crippen molar-refractivity contribution in [3.8, 4) is 0 Å². The Balaban J connectivity index is 2.46. The Bertz CT molecular complexity index is 339. The summed E-state index contributed by atoms with van der Waals surface area (Å²) in [5.41, 5.74) is 1.12. The number of hydrogen-bond donors (Lipinski definition) is 1. The van der Waals surface area contributed by atoms with Gasteiger partial charge >= 0.3 is 0 Å². The standard InChI is InChI=1S/C14H18O2/c1-3-14(10-9-12(2)15)16-11-13-7-5-4-6-8-13/h3-8,10,12,15H,1,9,11H2,2H3/b14-10+. The van der Waals surface area contributed by atoms with E-state index in [9.17, 15) is 0 Å². The Morgan fingerprint density at radius 1 is 1.44 bits per heavy atom. The predicted octanol–water partition coefficient (Wildman–Crippen LogP) is 3.04. The quantitative estimate of drug-likeness (QED) is 0.587. The number of benzene rings is 1. The molecule has 0 heterocycles. The lowest BCUT2D eigenvalue weighted by atomic mass is 10.2. The summed E-state index contributed by atoms with van der Waals surface area (Å²) in [6.07, 6.45) is 3.73. The summed E-state index contributed by atoms with van der Waals surface area (Å²) < 4.78 is 5.56. The van der Waals surface area contributed by atoms with Crippen molar-refractivity contribution in [1.29, 1.82) is 0 Å². The van der Waals surface area contributed by atoms with E-state index in [1.807, 2.05) is 36.4 Å². The van der Waals surface area contributed by atoms with E-state index in [4.69, 9.17) is 9.84 Å². The number of hydrogen-bond acceptors (Lipinski definition) is 2. The second-order valence-electron chi connectivity index (χ2n) is 3.67. The molecule has 0 spiro atoms. The summed E-state index contributed by atoms with van der Waals surface area (Å²) in [7, 11) is 0. The molecule has 0 saturated carbocycles. The van der Waals surface area contributed by atoms with Crippen LogP contribution in [0.3, 0.4) is 0 Å². The molecule has 0 fully saturated rings. The average molecular weight is 218 g/mol. The lowest BCUT2D eigenvalue weighted by Gasteiger charge is -2.07. The van der Waals surface area contributed by atoms with E-state index in [0.29, 0.717) is 18.8 Å². The van der Waals surface area contributed by atoms with Gasteiger partial charge in [0, 0.05) is 0 Å². The molecule has 0 saturated heterocycles. The third-order valence-corrected chi connectivity index (χ3v) is 2.11.